The van der Waals surface area contributed by atoms with Crippen LogP contribution in [-0.2, 0) is 13.1 Å². The first-order valence-electron chi connectivity index (χ1n) is 10.5. The van der Waals surface area contributed by atoms with Crippen molar-refractivity contribution in [1.82, 2.24) is 9.47 Å². The van der Waals surface area contributed by atoms with Crippen LogP contribution in [0.1, 0.15) is 29.3 Å². The topological polar surface area (TPSA) is 45.1 Å². The number of hydrogen-bond acceptors (Lipinski definition) is 5. The lowest BCUT2D eigenvalue weighted by Gasteiger charge is -2.32. The van der Waals surface area contributed by atoms with Gasteiger partial charge in [0.25, 0.3) is 0 Å². The number of rotatable bonds is 7. The Balaban J connectivity index is 1.82. The highest BCUT2D eigenvalue weighted by atomic mass is 16.5. The molecule has 1 aliphatic rings. The second-order valence-electron chi connectivity index (χ2n) is 7.65. The monoisotopic (exact) mass is 422 g/mol. The highest BCUT2D eigenvalue weighted by Gasteiger charge is 2.31. The van der Waals surface area contributed by atoms with Crippen molar-refractivity contribution in [1.29, 1.82) is 0 Å². The van der Waals surface area contributed by atoms with Crippen LogP contribution in [-0.4, -0.2) is 44.5 Å². The SMILES string of the molecule is COc1cccc(CN2CCCn3cccc3C2c2cc(OC)c(OC)cc2OC)c1. The molecule has 0 bridgehead atoms. The predicted octanol–water partition coefficient (Wildman–Crippen LogP) is 4.52. The molecule has 0 saturated carbocycles. The summed E-state index contributed by atoms with van der Waals surface area (Å²) in [6, 6.07) is 16.6. The molecule has 0 aliphatic carbocycles. The molecule has 2 heterocycles. The number of benzene rings is 2. The summed E-state index contributed by atoms with van der Waals surface area (Å²) in [5.74, 6) is 3.01. The van der Waals surface area contributed by atoms with Gasteiger partial charge in [-0.15, -0.1) is 0 Å². The third-order valence-corrected chi connectivity index (χ3v) is 5.90. The van der Waals surface area contributed by atoms with Crippen molar-refractivity contribution in [2.75, 3.05) is 35.0 Å². The van der Waals surface area contributed by atoms with Crippen molar-refractivity contribution in [3.63, 3.8) is 0 Å². The van der Waals surface area contributed by atoms with E-state index in [1.54, 1.807) is 28.4 Å². The van der Waals surface area contributed by atoms with Gasteiger partial charge >= 0.3 is 0 Å². The van der Waals surface area contributed by atoms with Crippen LogP contribution >= 0.6 is 0 Å². The number of aryl methyl sites for hydroxylation is 1. The second-order valence-corrected chi connectivity index (χ2v) is 7.65. The predicted molar refractivity (Wildman–Crippen MR) is 120 cm³/mol. The van der Waals surface area contributed by atoms with Gasteiger partial charge in [-0.1, -0.05) is 12.1 Å². The lowest BCUT2D eigenvalue weighted by atomic mass is 9.99. The molecule has 4 rings (SSSR count). The third-order valence-electron chi connectivity index (χ3n) is 5.90. The van der Waals surface area contributed by atoms with Crippen molar-refractivity contribution in [2.24, 2.45) is 0 Å². The van der Waals surface area contributed by atoms with Crippen LogP contribution in [0.4, 0.5) is 0 Å². The van der Waals surface area contributed by atoms with Gasteiger partial charge in [-0.25, -0.2) is 0 Å². The van der Waals surface area contributed by atoms with Gasteiger partial charge in [-0.05, 0) is 42.3 Å². The Bertz CT molecular complexity index is 1030. The standard InChI is InChI=1S/C25H30N2O4/c1-28-19-9-5-8-18(14-19)17-27-13-7-12-26-11-6-10-21(26)25(27)20-15-23(30-3)24(31-4)16-22(20)29-2/h5-6,8-11,14-16,25H,7,12-13,17H2,1-4H3. The fourth-order valence-corrected chi connectivity index (χ4v) is 4.44. The third kappa shape index (κ3) is 4.21. The van der Waals surface area contributed by atoms with Crippen LogP contribution < -0.4 is 18.9 Å². The van der Waals surface area contributed by atoms with Crippen molar-refractivity contribution < 1.29 is 18.9 Å². The number of ether oxygens (including phenoxy) is 4. The number of nitrogens with zero attached hydrogens (tertiary/aromatic N) is 2. The molecule has 0 amide bonds. The minimum atomic E-state index is 0.0125. The summed E-state index contributed by atoms with van der Waals surface area (Å²) < 4.78 is 24.7. The van der Waals surface area contributed by atoms with Crippen LogP contribution in [0.3, 0.4) is 0 Å². The molecule has 164 valence electrons. The van der Waals surface area contributed by atoms with Crippen molar-refractivity contribution in [3.8, 4) is 23.0 Å². The Kier molecular flexibility index (Phi) is 6.37. The average molecular weight is 423 g/mol. The Hall–Kier alpha value is -3.12. The molecule has 0 spiro atoms. The maximum atomic E-state index is 5.82. The molecule has 6 nitrogen and oxygen atoms in total. The Morgan fingerprint density at radius 1 is 0.806 bits per heavy atom. The molecule has 1 aliphatic heterocycles. The summed E-state index contributed by atoms with van der Waals surface area (Å²) in [4.78, 5) is 2.50. The molecule has 2 aromatic carbocycles. The molecule has 1 atom stereocenters. The normalized spacial score (nSPS) is 16.3. The van der Waals surface area contributed by atoms with Crippen LogP contribution in [0.25, 0.3) is 0 Å². The van der Waals surface area contributed by atoms with E-state index in [2.05, 4.69) is 39.9 Å². The molecule has 1 aromatic heterocycles. The molecule has 31 heavy (non-hydrogen) atoms. The summed E-state index contributed by atoms with van der Waals surface area (Å²) in [6.45, 7) is 2.74. The van der Waals surface area contributed by atoms with E-state index in [0.29, 0.717) is 11.5 Å². The van der Waals surface area contributed by atoms with Gasteiger partial charge in [0.05, 0.1) is 34.5 Å². The van der Waals surface area contributed by atoms with E-state index >= 15 is 0 Å². The molecule has 1 unspecified atom stereocenters. The van der Waals surface area contributed by atoms with E-state index in [9.17, 15) is 0 Å². The average Bonchev–Trinajstić information content (AvgIpc) is 3.20. The van der Waals surface area contributed by atoms with Crippen LogP contribution in [0.15, 0.2) is 54.7 Å². The van der Waals surface area contributed by atoms with E-state index in [4.69, 9.17) is 18.9 Å². The van der Waals surface area contributed by atoms with Crippen LogP contribution in [0, 0.1) is 0 Å². The van der Waals surface area contributed by atoms with Crippen molar-refractivity contribution in [3.05, 3.63) is 71.5 Å². The summed E-state index contributed by atoms with van der Waals surface area (Å²) in [5.41, 5.74) is 3.51. The molecule has 0 radical (unpaired) electrons. The number of methoxy groups -OCH3 is 4. The van der Waals surface area contributed by atoms with Gasteiger partial charge in [-0.3, -0.25) is 4.90 Å². The van der Waals surface area contributed by atoms with Crippen LogP contribution in [0.2, 0.25) is 0 Å². The zero-order valence-corrected chi connectivity index (χ0v) is 18.6. The molecule has 0 fully saturated rings. The first-order chi connectivity index (χ1) is 15.2. The molecular weight excluding hydrogens is 392 g/mol. The zero-order valence-electron chi connectivity index (χ0n) is 18.6. The zero-order chi connectivity index (χ0) is 21.8. The minimum Gasteiger partial charge on any atom is -0.497 e. The summed E-state index contributed by atoms with van der Waals surface area (Å²) >= 11 is 0. The van der Waals surface area contributed by atoms with Crippen molar-refractivity contribution in [2.45, 2.75) is 25.6 Å². The Labute approximate surface area is 183 Å². The van der Waals surface area contributed by atoms with Gasteiger partial charge in [0.2, 0.25) is 0 Å². The quantitative estimate of drug-likeness (QED) is 0.560. The molecule has 0 saturated heterocycles. The van der Waals surface area contributed by atoms with E-state index in [1.165, 1.54) is 11.3 Å². The van der Waals surface area contributed by atoms with Crippen molar-refractivity contribution >= 4 is 0 Å². The number of aromatic nitrogens is 1. The maximum Gasteiger partial charge on any atom is 0.164 e. The smallest absolute Gasteiger partial charge is 0.164 e. The summed E-state index contributed by atoms with van der Waals surface area (Å²) in [6.07, 6.45) is 3.22. The fourth-order valence-electron chi connectivity index (χ4n) is 4.44. The lowest BCUT2D eigenvalue weighted by Crippen LogP contribution is -2.30. The van der Waals surface area contributed by atoms with E-state index in [1.807, 2.05) is 24.3 Å². The van der Waals surface area contributed by atoms with Crippen LogP contribution in [0.5, 0.6) is 23.0 Å². The van der Waals surface area contributed by atoms with Gasteiger partial charge in [0.1, 0.15) is 11.5 Å². The van der Waals surface area contributed by atoms with E-state index in [0.717, 1.165) is 43.1 Å². The van der Waals surface area contributed by atoms with E-state index < -0.39 is 0 Å². The highest BCUT2D eigenvalue weighted by Crippen LogP contribution is 2.43. The molecule has 3 aromatic rings. The summed E-state index contributed by atoms with van der Waals surface area (Å²) in [7, 11) is 6.71. The fraction of sp³-hybridized carbons (Fsp3) is 0.360. The Morgan fingerprint density at radius 2 is 1.58 bits per heavy atom. The first kappa shape index (κ1) is 21.1. The number of fused-ring (bicyclic) bond motifs is 1. The minimum absolute atomic E-state index is 0.0125. The Morgan fingerprint density at radius 3 is 2.32 bits per heavy atom. The van der Waals surface area contributed by atoms with E-state index in [-0.39, 0.29) is 6.04 Å². The maximum absolute atomic E-state index is 5.82. The number of hydrogen-bond donors (Lipinski definition) is 0. The molecule has 0 N–H and O–H groups in total. The highest BCUT2D eigenvalue weighted by molar-refractivity contribution is 5.53. The van der Waals surface area contributed by atoms with Gasteiger partial charge in [0, 0.05) is 43.2 Å². The van der Waals surface area contributed by atoms with Gasteiger partial charge < -0.3 is 23.5 Å². The summed E-state index contributed by atoms with van der Waals surface area (Å²) in [5, 5.41) is 0. The second kappa shape index (κ2) is 9.35. The largest absolute Gasteiger partial charge is 0.497 e. The van der Waals surface area contributed by atoms with Gasteiger partial charge in [0.15, 0.2) is 11.5 Å². The molecule has 6 heteroatoms. The van der Waals surface area contributed by atoms with Gasteiger partial charge in [-0.2, -0.15) is 0 Å². The molecular formula is C25H30N2O4. The lowest BCUT2D eigenvalue weighted by molar-refractivity contribution is 0.215. The first-order valence-corrected chi connectivity index (χ1v) is 10.5.